The molecule has 1 aliphatic rings. The van der Waals surface area contributed by atoms with Crippen LogP contribution in [0.5, 0.6) is 0 Å². The zero-order valence-electron chi connectivity index (χ0n) is 10.9. The zero-order valence-corrected chi connectivity index (χ0v) is 13.2. The fourth-order valence-electron chi connectivity index (χ4n) is 2.42. The number of amides is 1. The molecule has 6 heteroatoms. The lowest BCUT2D eigenvalue weighted by atomic mass is 10.0. The van der Waals surface area contributed by atoms with Crippen molar-refractivity contribution in [2.24, 2.45) is 5.92 Å². The fraction of sp³-hybridized carbons (Fsp3) is 0.429. The van der Waals surface area contributed by atoms with Crippen LogP contribution in [-0.2, 0) is 4.79 Å². The van der Waals surface area contributed by atoms with Gasteiger partial charge in [0.05, 0.1) is 15.7 Å². The van der Waals surface area contributed by atoms with E-state index in [1.165, 1.54) is 12.8 Å². The Morgan fingerprint density at radius 3 is 2.45 bits per heavy atom. The molecule has 1 saturated carbocycles. The van der Waals surface area contributed by atoms with Crippen molar-refractivity contribution in [1.29, 1.82) is 0 Å². The smallest absolute Gasteiger partial charge is 0.226 e. The van der Waals surface area contributed by atoms with Crippen LogP contribution in [0.2, 0.25) is 10.0 Å². The molecule has 0 saturated heterocycles. The second-order valence-corrected chi connectivity index (χ2v) is 6.18. The number of hydrogen-bond acceptors (Lipinski definition) is 2. The Morgan fingerprint density at radius 2 is 1.85 bits per heavy atom. The van der Waals surface area contributed by atoms with Crippen molar-refractivity contribution in [2.75, 3.05) is 5.32 Å². The molecular weight excluding hydrogens is 315 g/mol. The summed E-state index contributed by atoms with van der Waals surface area (Å²) in [6.07, 6.45) is 5.22. The summed E-state index contributed by atoms with van der Waals surface area (Å²) in [6, 6.07) is 5.16. The second-order valence-electron chi connectivity index (χ2n) is 4.95. The highest BCUT2D eigenvalue weighted by atomic mass is 35.5. The monoisotopic (exact) mass is 330 g/mol. The van der Waals surface area contributed by atoms with Crippen molar-refractivity contribution < 1.29 is 4.79 Å². The van der Waals surface area contributed by atoms with Crippen molar-refractivity contribution >= 4 is 52.1 Å². The van der Waals surface area contributed by atoms with Crippen LogP contribution >= 0.6 is 35.4 Å². The van der Waals surface area contributed by atoms with E-state index in [0.29, 0.717) is 28.1 Å². The molecule has 1 aliphatic carbocycles. The normalized spacial score (nSPS) is 15.1. The van der Waals surface area contributed by atoms with Gasteiger partial charge in [0, 0.05) is 6.42 Å². The Morgan fingerprint density at radius 1 is 1.25 bits per heavy atom. The highest BCUT2D eigenvalue weighted by Crippen LogP contribution is 2.30. The maximum atomic E-state index is 11.9. The van der Waals surface area contributed by atoms with Crippen molar-refractivity contribution in [3.8, 4) is 0 Å². The molecule has 1 aromatic rings. The average Bonchev–Trinajstić information content (AvgIpc) is 2.86. The van der Waals surface area contributed by atoms with Crippen LogP contribution in [0.4, 0.5) is 5.69 Å². The van der Waals surface area contributed by atoms with Gasteiger partial charge in [-0.15, -0.1) is 0 Å². The van der Waals surface area contributed by atoms with Crippen LogP contribution in [0.3, 0.4) is 0 Å². The quantitative estimate of drug-likeness (QED) is 0.807. The molecule has 0 bridgehead atoms. The number of halogens is 2. The van der Waals surface area contributed by atoms with E-state index in [4.69, 9.17) is 35.4 Å². The maximum Gasteiger partial charge on any atom is 0.226 e. The first kappa shape index (κ1) is 15.5. The van der Waals surface area contributed by atoms with Crippen LogP contribution in [0, 0.1) is 5.92 Å². The summed E-state index contributed by atoms with van der Waals surface area (Å²) < 4.78 is 0. The van der Waals surface area contributed by atoms with Gasteiger partial charge in [-0.2, -0.15) is 0 Å². The topological polar surface area (TPSA) is 41.1 Å². The van der Waals surface area contributed by atoms with Gasteiger partial charge in [0.15, 0.2) is 5.11 Å². The molecule has 1 amide bonds. The summed E-state index contributed by atoms with van der Waals surface area (Å²) in [5.41, 5.74) is 0.516. The number of anilines is 1. The second kappa shape index (κ2) is 7.25. The molecule has 20 heavy (non-hydrogen) atoms. The van der Waals surface area contributed by atoms with Gasteiger partial charge in [-0.1, -0.05) is 42.1 Å². The Hall–Kier alpha value is -0.840. The van der Waals surface area contributed by atoms with Crippen LogP contribution < -0.4 is 10.6 Å². The Kier molecular flexibility index (Phi) is 5.64. The van der Waals surface area contributed by atoms with Crippen molar-refractivity contribution in [2.45, 2.75) is 32.1 Å². The lowest BCUT2D eigenvalue weighted by molar-refractivity contribution is -0.120. The molecule has 0 aromatic heterocycles. The summed E-state index contributed by atoms with van der Waals surface area (Å²) >= 11 is 17.2. The molecule has 0 atom stereocenters. The van der Waals surface area contributed by atoms with E-state index in [9.17, 15) is 4.79 Å². The van der Waals surface area contributed by atoms with Gasteiger partial charge in [0.1, 0.15) is 0 Å². The van der Waals surface area contributed by atoms with E-state index < -0.39 is 0 Å². The third-order valence-electron chi connectivity index (χ3n) is 3.40. The predicted octanol–water partition coefficient (Wildman–Crippen LogP) is 4.39. The van der Waals surface area contributed by atoms with E-state index in [1.807, 2.05) is 0 Å². The van der Waals surface area contributed by atoms with E-state index in [2.05, 4.69) is 10.6 Å². The van der Waals surface area contributed by atoms with Gasteiger partial charge in [-0.05, 0) is 43.1 Å². The average molecular weight is 331 g/mol. The molecule has 0 aliphatic heterocycles. The van der Waals surface area contributed by atoms with Crippen LogP contribution in [0.1, 0.15) is 32.1 Å². The van der Waals surface area contributed by atoms with Crippen molar-refractivity contribution in [1.82, 2.24) is 5.32 Å². The van der Waals surface area contributed by atoms with Crippen molar-refractivity contribution in [3.05, 3.63) is 28.2 Å². The Balaban J connectivity index is 1.87. The van der Waals surface area contributed by atoms with E-state index in [-0.39, 0.29) is 11.0 Å². The van der Waals surface area contributed by atoms with Gasteiger partial charge in [0.2, 0.25) is 5.91 Å². The summed E-state index contributed by atoms with van der Waals surface area (Å²) in [4.78, 5) is 11.9. The van der Waals surface area contributed by atoms with Crippen LogP contribution in [0.25, 0.3) is 0 Å². The Labute approximate surface area is 134 Å². The molecule has 0 spiro atoms. The number of carbonyl (C=O) groups excluding carboxylic acids is 1. The summed E-state index contributed by atoms with van der Waals surface area (Å²) in [6.45, 7) is 0. The van der Waals surface area contributed by atoms with E-state index in [1.54, 1.807) is 18.2 Å². The summed E-state index contributed by atoms with van der Waals surface area (Å²) in [7, 11) is 0. The molecule has 1 fully saturated rings. The zero-order chi connectivity index (χ0) is 14.5. The number of rotatable bonds is 3. The molecule has 0 unspecified atom stereocenters. The first-order chi connectivity index (χ1) is 9.56. The molecule has 3 nitrogen and oxygen atoms in total. The molecule has 1 aromatic carbocycles. The largest absolute Gasteiger partial charge is 0.330 e. The van der Waals surface area contributed by atoms with Crippen LogP contribution in [-0.4, -0.2) is 11.0 Å². The maximum absolute atomic E-state index is 11.9. The summed E-state index contributed by atoms with van der Waals surface area (Å²) in [5, 5.41) is 6.69. The molecule has 0 heterocycles. The number of hydrogen-bond donors (Lipinski definition) is 2. The first-order valence-corrected chi connectivity index (χ1v) is 7.77. The minimum Gasteiger partial charge on any atom is -0.330 e. The fourth-order valence-corrected chi connectivity index (χ4v) is 3.12. The third-order valence-corrected chi connectivity index (χ3v) is 4.24. The number of carbonyl (C=O) groups is 1. The minimum atomic E-state index is -0.0578. The lowest BCUT2D eigenvalue weighted by Gasteiger charge is -2.13. The highest BCUT2D eigenvalue weighted by Gasteiger charge is 2.19. The number of nitrogens with one attached hydrogen (secondary N) is 2. The van der Waals surface area contributed by atoms with Crippen LogP contribution in [0.15, 0.2) is 18.2 Å². The molecule has 0 radical (unpaired) electrons. The Bertz CT molecular complexity index is 496. The molecule has 2 rings (SSSR count). The van der Waals surface area contributed by atoms with Gasteiger partial charge < -0.3 is 10.6 Å². The lowest BCUT2D eigenvalue weighted by Crippen LogP contribution is -2.35. The van der Waals surface area contributed by atoms with E-state index >= 15 is 0 Å². The van der Waals surface area contributed by atoms with Gasteiger partial charge in [-0.3, -0.25) is 4.79 Å². The van der Waals surface area contributed by atoms with Crippen molar-refractivity contribution in [3.63, 3.8) is 0 Å². The third kappa shape index (κ3) is 4.33. The number of thiocarbonyl (C=S) groups is 1. The summed E-state index contributed by atoms with van der Waals surface area (Å²) in [5.74, 6) is 0.430. The van der Waals surface area contributed by atoms with Gasteiger partial charge in [-0.25, -0.2) is 0 Å². The molecule has 108 valence electrons. The van der Waals surface area contributed by atoms with Gasteiger partial charge in [0.25, 0.3) is 0 Å². The van der Waals surface area contributed by atoms with Gasteiger partial charge >= 0.3 is 0 Å². The molecule has 2 N–H and O–H groups in total. The number of benzene rings is 1. The standard InChI is InChI=1S/C14H16Cl2N2OS/c15-10-6-3-7-11(16)13(10)18-14(20)17-12(19)8-9-4-1-2-5-9/h3,6-7,9H,1-2,4-5,8H2,(H2,17,18,19,20). The predicted molar refractivity (Wildman–Crippen MR) is 87.4 cm³/mol. The molecular formula is C14H16Cl2N2OS. The number of para-hydroxylation sites is 1. The minimum absolute atomic E-state index is 0.0578. The van der Waals surface area contributed by atoms with E-state index in [0.717, 1.165) is 12.8 Å². The SMILES string of the molecule is O=C(CC1CCCC1)NC(=S)Nc1c(Cl)cccc1Cl. The highest BCUT2D eigenvalue weighted by molar-refractivity contribution is 7.80. The first-order valence-electron chi connectivity index (χ1n) is 6.61.